The van der Waals surface area contributed by atoms with E-state index >= 15 is 0 Å². The molecular weight excluding hydrogens is 298 g/mol. The Morgan fingerprint density at radius 3 is 3.06 bits per heavy atom. The molecule has 0 bridgehead atoms. The first-order chi connectivity index (χ1) is 8.81. The molecule has 3 rings (SSSR count). The number of rotatable bonds is 2. The lowest BCUT2D eigenvalue weighted by atomic mass is 9.90. The van der Waals surface area contributed by atoms with Crippen LogP contribution in [0.3, 0.4) is 0 Å². The van der Waals surface area contributed by atoms with Crippen LogP contribution in [0.1, 0.15) is 24.3 Å². The minimum Gasteiger partial charge on any atom is -0.495 e. The minimum atomic E-state index is 0.281. The van der Waals surface area contributed by atoms with E-state index in [2.05, 4.69) is 27.3 Å². The van der Waals surface area contributed by atoms with Crippen LogP contribution in [-0.4, -0.2) is 27.0 Å². The van der Waals surface area contributed by atoms with Gasteiger partial charge in [-0.2, -0.15) is 0 Å². The fourth-order valence-corrected chi connectivity index (χ4v) is 3.33. The van der Waals surface area contributed by atoms with Crippen molar-refractivity contribution in [1.82, 2.24) is 5.32 Å². The van der Waals surface area contributed by atoms with Gasteiger partial charge >= 0.3 is 0 Å². The molecule has 0 amide bonds. The van der Waals surface area contributed by atoms with Crippen molar-refractivity contribution in [2.75, 3.05) is 27.0 Å². The van der Waals surface area contributed by atoms with Crippen LogP contribution in [0.15, 0.2) is 10.5 Å². The maximum absolute atomic E-state index is 5.54. The van der Waals surface area contributed by atoms with Crippen LogP contribution < -0.4 is 19.5 Å². The molecule has 1 aromatic rings. The average Bonchev–Trinajstić information content (AvgIpc) is 2.88. The summed E-state index contributed by atoms with van der Waals surface area (Å²) in [6.07, 6.45) is 2.37. The lowest BCUT2D eigenvalue weighted by Gasteiger charge is -2.25. The highest BCUT2D eigenvalue weighted by molar-refractivity contribution is 9.10. The molecule has 0 aromatic heterocycles. The van der Waals surface area contributed by atoms with Crippen molar-refractivity contribution in [2.45, 2.75) is 18.8 Å². The number of fused-ring (bicyclic) bond motifs is 1. The number of nitrogens with one attached hydrogen (secondary N) is 1. The monoisotopic (exact) mass is 313 g/mol. The van der Waals surface area contributed by atoms with Crippen molar-refractivity contribution in [1.29, 1.82) is 0 Å². The standard InChI is InChI=1S/C13H16BrNO3/c1-16-12-9(8-3-2-4-15-6-8)5-10-13(11(12)14)18-7-17-10/h5,8,15H,2-4,6-7H2,1H3. The summed E-state index contributed by atoms with van der Waals surface area (Å²) in [5.41, 5.74) is 1.20. The maximum Gasteiger partial charge on any atom is 0.231 e. The summed E-state index contributed by atoms with van der Waals surface area (Å²) in [6.45, 7) is 2.37. The van der Waals surface area contributed by atoms with E-state index in [-0.39, 0.29) is 6.79 Å². The van der Waals surface area contributed by atoms with Crippen molar-refractivity contribution < 1.29 is 14.2 Å². The number of hydrogen-bond donors (Lipinski definition) is 1. The Hall–Kier alpha value is -0.940. The Balaban J connectivity index is 2.04. The second-order valence-electron chi connectivity index (χ2n) is 4.59. The Morgan fingerprint density at radius 1 is 1.44 bits per heavy atom. The van der Waals surface area contributed by atoms with Gasteiger partial charge in [-0.15, -0.1) is 0 Å². The molecule has 98 valence electrons. The first-order valence-electron chi connectivity index (χ1n) is 6.18. The molecule has 1 unspecified atom stereocenters. The summed E-state index contributed by atoms with van der Waals surface area (Å²) < 4.78 is 17.3. The Bertz CT molecular complexity index is 458. The van der Waals surface area contributed by atoms with Gasteiger partial charge in [0, 0.05) is 18.0 Å². The van der Waals surface area contributed by atoms with Crippen LogP contribution in [0.2, 0.25) is 0 Å². The second kappa shape index (κ2) is 4.97. The lowest BCUT2D eigenvalue weighted by molar-refractivity contribution is 0.173. The van der Waals surface area contributed by atoms with Gasteiger partial charge in [-0.05, 0) is 41.4 Å². The van der Waals surface area contributed by atoms with E-state index in [1.807, 2.05) is 0 Å². The van der Waals surface area contributed by atoms with Gasteiger partial charge in [0.1, 0.15) is 10.2 Å². The van der Waals surface area contributed by atoms with E-state index in [0.29, 0.717) is 5.92 Å². The summed E-state index contributed by atoms with van der Waals surface area (Å²) in [5, 5.41) is 3.43. The van der Waals surface area contributed by atoms with E-state index in [9.17, 15) is 0 Å². The summed E-state index contributed by atoms with van der Waals surface area (Å²) >= 11 is 3.56. The van der Waals surface area contributed by atoms with Gasteiger partial charge in [-0.1, -0.05) is 0 Å². The number of piperidine rings is 1. The SMILES string of the molecule is COc1c(C2CCCNC2)cc2c(c1Br)OCO2. The van der Waals surface area contributed by atoms with Crippen LogP contribution in [-0.2, 0) is 0 Å². The highest BCUT2D eigenvalue weighted by Crippen LogP contribution is 2.49. The minimum absolute atomic E-state index is 0.281. The predicted molar refractivity (Wildman–Crippen MR) is 71.7 cm³/mol. The molecule has 18 heavy (non-hydrogen) atoms. The van der Waals surface area contributed by atoms with E-state index in [1.54, 1.807) is 7.11 Å². The zero-order valence-corrected chi connectivity index (χ0v) is 11.9. The first kappa shape index (κ1) is 12.1. The normalized spacial score (nSPS) is 22.0. The fourth-order valence-electron chi connectivity index (χ4n) is 2.63. The molecule has 1 saturated heterocycles. The molecule has 4 nitrogen and oxygen atoms in total. The molecular formula is C13H16BrNO3. The van der Waals surface area contributed by atoms with Crippen LogP contribution in [0.5, 0.6) is 17.2 Å². The second-order valence-corrected chi connectivity index (χ2v) is 5.38. The molecule has 0 saturated carbocycles. The number of benzene rings is 1. The van der Waals surface area contributed by atoms with Gasteiger partial charge in [-0.25, -0.2) is 0 Å². The lowest BCUT2D eigenvalue weighted by Crippen LogP contribution is -2.28. The van der Waals surface area contributed by atoms with E-state index in [1.165, 1.54) is 18.4 Å². The third kappa shape index (κ3) is 1.95. The number of ether oxygens (including phenoxy) is 3. The molecule has 0 spiro atoms. The van der Waals surface area contributed by atoms with Gasteiger partial charge in [0.15, 0.2) is 11.5 Å². The van der Waals surface area contributed by atoms with Crippen LogP contribution >= 0.6 is 15.9 Å². The first-order valence-corrected chi connectivity index (χ1v) is 6.97. The molecule has 2 heterocycles. The third-order valence-corrected chi connectivity index (χ3v) is 4.25. The summed E-state index contributed by atoms with van der Waals surface area (Å²) in [6, 6.07) is 2.06. The smallest absolute Gasteiger partial charge is 0.231 e. The topological polar surface area (TPSA) is 39.7 Å². The summed E-state index contributed by atoms with van der Waals surface area (Å²) in [7, 11) is 1.70. The zero-order chi connectivity index (χ0) is 12.5. The van der Waals surface area contributed by atoms with E-state index in [4.69, 9.17) is 14.2 Å². The molecule has 2 aliphatic heterocycles. The predicted octanol–water partition coefficient (Wildman–Crippen LogP) is 2.65. The van der Waals surface area contributed by atoms with Gasteiger partial charge in [0.25, 0.3) is 0 Å². The molecule has 0 aliphatic carbocycles. The molecule has 1 aromatic carbocycles. The summed E-state index contributed by atoms with van der Waals surface area (Å²) in [5.74, 6) is 2.90. The van der Waals surface area contributed by atoms with Crippen molar-refractivity contribution >= 4 is 15.9 Å². The van der Waals surface area contributed by atoms with E-state index < -0.39 is 0 Å². The molecule has 1 fully saturated rings. The fraction of sp³-hybridized carbons (Fsp3) is 0.538. The molecule has 1 N–H and O–H groups in total. The quantitative estimate of drug-likeness (QED) is 0.911. The van der Waals surface area contributed by atoms with Gasteiger partial charge in [-0.3, -0.25) is 0 Å². The maximum atomic E-state index is 5.54. The summed E-state index contributed by atoms with van der Waals surface area (Å²) in [4.78, 5) is 0. The molecule has 0 radical (unpaired) electrons. The molecule has 1 atom stereocenters. The Kier molecular flexibility index (Phi) is 3.35. The highest BCUT2D eigenvalue weighted by Gasteiger charge is 2.27. The van der Waals surface area contributed by atoms with Crippen LogP contribution in [0, 0.1) is 0 Å². The van der Waals surface area contributed by atoms with Crippen LogP contribution in [0.25, 0.3) is 0 Å². The molecule has 5 heteroatoms. The van der Waals surface area contributed by atoms with Gasteiger partial charge in [0.2, 0.25) is 6.79 Å². The highest BCUT2D eigenvalue weighted by atomic mass is 79.9. The third-order valence-electron chi connectivity index (χ3n) is 3.53. The number of halogens is 1. The van der Waals surface area contributed by atoms with Crippen LogP contribution in [0.4, 0.5) is 0 Å². The van der Waals surface area contributed by atoms with E-state index in [0.717, 1.165) is 34.8 Å². The number of methoxy groups -OCH3 is 1. The Labute approximate surface area is 115 Å². The molecule has 2 aliphatic rings. The van der Waals surface area contributed by atoms with Crippen molar-refractivity contribution in [3.05, 3.63) is 16.1 Å². The van der Waals surface area contributed by atoms with Gasteiger partial charge in [0.05, 0.1) is 7.11 Å². The average molecular weight is 314 g/mol. The van der Waals surface area contributed by atoms with Gasteiger partial charge < -0.3 is 19.5 Å². The van der Waals surface area contributed by atoms with Crippen molar-refractivity contribution in [2.24, 2.45) is 0 Å². The number of hydrogen-bond acceptors (Lipinski definition) is 4. The van der Waals surface area contributed by atoms with Crippen molar-refractivity contribution in [3.63, 3.8) is 0 Å². The largest absolute Gasteiger partial charge is 0.495 e. The van der Waals surface area contributed by atoms with Crippen molar-refractivity contribution in [3.8, 4) is 17.2 Å². The zero-order valence-electron chi connectivity index (χ0n) is 10.3. The Morgan fingerprint density at radius 2 is 2.33 bits per heavy atom.